The largest absolute Gasteiger partial charge is 0.481 e. The van der Waals surface area contributed by atoms with Crippen molar-refractivity contribution in [3.8, 4) is 0 Å². The molecule has 2 atom stereocenters. The Morgan fingerprint density at radius 2 is 2.06 bits per heavy atom. The van der Waals surface area contributed by atoms with Gasteiger partial charge in [0, 0.05) is 5.69 Å². The molecule has 2 rings (SSSR count). The summed E-state index contributed by atoms with van der Waals surface area (Å²) in [5.74, 6) is -2.09. The lowest BCUT2D eigenvalue weighted by Crippen LogP contribution is -2.33. The molecule has 0 aromatic heterocycles. The maximum atomic E-state index is 11.2. The molecule has 0 aliphatic carbocycles. The highest BCUT2D eigenvalue weighted by Crippen LogP contribution is 2.22. The van der Waals surface area contributed by atoms with E-state index in [1.807, 2.05) is 0 Å². The molecule has 6 nitrogen and oxygen atoms in total. The van der Waals surface area contributed by atoms with E-state index in [0.717, 1.165) is 0 Å². The molecular weight excluding hydrogens is 236 g/mol. The van der Waals surface area contributed by atoms with Crippen LogP contribution in [0.2, 0.25) is 0 Å². The Morgan fingerprint density at radius 3 is 2.72 bits per heavy atom. The number of carboxylic acids is 1. The first-order chi connectivity index (χ1) is 8.59. The molecule has 6 heteroatoms. The van der Waals surface area contributed by atoms with E-state index in [1.54, 1.807) is 24.3 Å². The van der Waals surface area contributed by atoms with Crippen LogP contribution >= 0.6 is 0 Å². The van der Waals surface area contributed by atoms with Gasteiger partial charge in [0.05, 0.1) is 24.8 Å². The minimum absolute atomic E-state index is 0.172. The molecule has 0 bridgehead atoms. The van der Waals surface area contributed by atoms with Crippen LogP contribution in [-0.4, -0.2) is 36.2 Å². The van der Waals surface area contributed by atoms with E-state index in [0.29, 0.717) is 17.9 Å². The van der Waals surface area contributed by atoms with E-state index in [-0.39, 0.29) is 12.6 Å². The third-order valence-electron chi connectivity index (χ3n) is 2.93. The Balaban J connectivity index is 2.19. The minimum atomic E-state index is -0.915. The average Bonchev–Trinajstić information content (AvgIpc) is 2.77. The first-order valence-corrected chi connectivity index (χ1v) is 5.55. The van der Waals surface area contributed by atoms with Gasteiger partial charge in [0.25, 0.3) is 5.91 Å². The summed E-state index contributed by atoms with van der Waals surface area (Å²) >= 11 is 0. The van der Waals surface area contributed by atoms with Gasteiger partial charge in [0.1, 0.15) is 5.92 Å². The molecule has 2 unspecified atom stereocenters. The lowest BCUT2D eigenvalue weighted by atomic mass is 10.0. The third-order valence-corrected chi connectivity index (χ3v) is 2.93. The molecule has 0 radical (unpaired) electrons. The number of nitrogens with one attached hydrogen (secondary N) is 1. The summed E-state index contributed by atoms with van der Waals surface area (Å²) in [5, 5.41) is 12.0. The maximum absolute atomic E-state index is 11.2. The summed E-state index contributed by atoms with van der Waals surface area (Å²) in [6, 6.07) is 6.38. The first kappa shape index (κ1) is 12.4. The highest BCUT2D eigenvalue weighted by atomic mass is 16.5. The zero-order valence-corrected chi connectivity index (χ0v) is 9.63. The highest BCUT2D eigenvalue weighted by molar-refractivity contribution is 5.98. The topological polar surface area (TPSA) is 102 Å². The molecule has 1 aromatic carbocycles. The fourth-order valence-electron chi connectivity index (χ4n) is 1.96. The predicted octanol–water partition coefficient (Wildman–Crippen LogP) is 0.297. The standard InChI is InChI=1S/C12H14N2O4/c13-11(15)7-3-1-2-4-9(7)14-10-6-18-5-8(10)12(16)17/h1-4,8,10,14H,5-6H2,(H2,13,15)(H,16,17). The summed E-state index contributed by atoms with van der Waals surface area (Å²) in [4.78, 5) is 22.3. The molecule has 1 fully saturated rings. The monoisotopic (exact) mass is 250 g/mol. The number of ether oxygens (including phenoxy) is 1. The van der Waals surface area contributed by atoms with Crippen LogP contribution < -0.4 is 11.1 Å². The lowest BCUT2D eigenvalue weighted by Gasteiger charge is -2.18. The first-order valence-electron chi connectivity index (χ1n) is 5.55. The van der Waals surface area contributed by atoms with Crippen molar-refractivity contribution in [2.45, 2.75) is 6.04 Å². The highest BCUT2D eigenvalue weighted by Gasteiger charge is 2.34. The average molecular weight is 250 g/mol. The zero-order chi connectivity index (χ0) is 13.1. The second-order valence-electron chi connectivity index (χ2n) is 4.14. The number of aliphatic carboxylic acids is 1. The summed E-state index contributed by atoms with van der Waals surface area (Å²) in [6.07, 6.45) is 0. The quantitative estimate of drug-likeness (QED) is 0.713. The number of carboxylic acid groups (broad SMARTS) is 1. The summed E-state index contributed by atoms with van der Waals surface area (Å²) in [7, 11) is 0. The number of nitrogens with two attached hydrogens (primary N) is 1. The van der Waals surface area contributed by atoms with Crippen LogP contribution in [-0.2, 0) is 9.53 Å². The molecule has 1 aliphatic rings. The molecule has 1 amide bonds. The lowest BCUT2D eigenvalue weighted by molar-refractivity contribution is -0.141. The fraction of sp³-hybridized carbons (Fsp3) is 0.333. The van der Waals surface area contributed by atoms with Crippen LogP contribution in [0, 0.1) is 5.92 Å². The Kier molecular flexibility index (Phi) is 3.47. The number of hydrogen-bond donors (Lipinski definition) is 3. The van der Waals surface area contributed by atoms with Crippen molar-refractivity contribution in [1.29, 1.82) is 0 Å². The van der Waals surface area contributed by atoms with Gasteiger partial charge in [-0.15, -0.1) is 0 Å². The number of benzene rings is 1. The number of carbonyl (C=O) groups excluding carboxylic acids is 1. The molecule has 18 heavy (non-hydrogen) atoms. The molecule has 1 aromatic rings. The van der Waals surface area contributed by atoms with Crippen LogP contribution in [0.5, 0.6) is 0 Å². The number of amides is 1. The number of carbonyl (C=O) groups is 2. The number of primary amides is 1. The van der Waals surface area contributed by atoms with Crippen molar-refractivity contribution < 1.29 is 19.4 Å². The molecule has 1 aliphatic heterocycles. The van der Waals surface area contributed by atoms with E-state index >= 15 is 0 Å². The van der Waals surface area contributed by atoms with E-state index < -0.39 is 17.8 Å². The van der Waals surface area contributed by atoms with E-state index in [2.05, 4.69) is 5.32 Å². The Labute approximate surface area is 104 Å². The van der Waals surface area contributed by atoms with Crippen molar-refractivity contribution in [3.63, 3.8) is 0 Å². The predicted molar refractivity (Wildman–Crippen MR) is 64.3 cm³/mol. The SMILES string of the molecule is NC(=O)c1ccccc1NC1COCC1C(=O)O. The van der Waals surface area contributed by atoms with Gasteiger partial charge in [-0.3, -0.25) is 9.59 Å². The Hall–Kier alpha value is -2.08. The van der Waals surface area contributed by atoms with Crippen molar-refractivity contribution in [2.24, 2.45) is 11.7 Å². The van der Waals surface area contributed by atoms with Crippen molar-refractivity contribution in [3.05, 3.63) is 29.8 Å². The Morgan fingerprint density at radius 1 is 1.33 bits per heavy atom. The van der Waals surface area contributed by atoms with E-state index in [9.17, 15) is 9.59 Å². The zero-order valence-electron chi connectivity index (χ0n) is 9.63. The van der Waals surface area contributed by atoms with Crippen LogP contribution in [0.1, 0.15) is 10.4 Å². The molecule has 1 saturated heterocycles. The third kappa shape index (κ3) is 2.43. The smallest absolute Gasteiger partial charge is 0.311 e. The number of hydrogen-bond acceptors (Lipinski definition) is 4. The van der Waals surface area contributed by atoms with Gasteiger partial charge in [-0.2, -0.15) is 0 Å². The van der Waals surface area contributed by atoms with Crippen molar-refractivity contribution in [2.75, 3.05) is 18.5 Å². The van der Waals surface area contributed by atoms with Crippen LogP contribution in [0.15, 0.2) is 24.3 Å². The van der Waals surface area contributed by atoms with E-state index in [1.165, 1.54) is 0 Å². The second-order valence-corrected chi connectivity index (χ2v) is 4.14. The van der Waals surface area contributed by atoms with Gasteiger partial charge in [-0.1, -0.05) is 12.1 Å². The number of rotatable bonds is 4. The van der Waals surface area contributed by atoms with Crippen LogP contribution in [0.4, 0.5) is 5.69 Å². The van der Waals surface area contributed by atoms with Crippen LogP contribution in [0.25, 0.3) is 0 Å². The Bertz CT molecular complexity index is 475. The summed E-state index contributed by atoms with van der Waals surface area (Å²) < 4.78 is 5.14. The molecule has 1 heterocycles. The van der Waals surface area contributed by atoms with Gasteiger partial charge in [-0.25, -0.2) is 0 Å². The minimum Gasteiger partial charge on any atom is -0.481 e. The molecule has 96 valence electrons. The van der Waals surface area contributed by atoms with E-state index in [4.69, 9.17) is 15.6 Å². The summed E-state index contributed by atoms with van der Waals surface area (Å²) in [6.45, 7) is 0.468. The van der Waals surface area contributed by atoms with Gasteiger partial charge in [-0.05, 0) is 12.1 Å². The molecular formula is C12H14N2O4. The molecule has 0 spiro atoms. The van der Waals surface area contributed by atoms with Crippen molar-refractivity contribution in [1.82, 2.24) is 0 Å². The second kappa shape index (κ2) is 5.05. The molecule has 4 N–H and O–H groups in total. The summed E-state index contributed by atoms with van der Waals surface area (Å²) in [5.41, 5.74) is 6.13. The van der Waals surface area contributed by atoms with Gasteiger partial charge in [0.15, 0.2) is 0 Å². The van der Waals surface area contributed by atoms with Crippen LogP contribution in [0.3, 0.4) is 0 Å². The molecule has 0 saturated carbocycles. The van der Waals surface area contributed by atoms with Crippen molar-refractivity contribution >= 4 is 17.6 Å². The normalized spacial score (nSPS) is 22.7. The number of para-hydroxylation sites is 1. The maximum Gasteiger partial charge on any atom is 0.311 e. The van der Waals surface area contributed by atoms with Gasteiger partial charge >= 0.3 is 5.97 Å². The van der Waals surface area contributed by atoms with Gasteiger partial charge < -0.3 is 20.9 Å². The number of anilines is 1. The van der Waals surface area contributed by atoms with Gasteiger partial charge in [0.2, 0.25) is 0 Å². The fourth-order valence-corrected chi connectivity index (χ4v) is 1.96.